The number of hydrogen-bond donors (Lipinski definition) is 2. The Balaban J connectivity index is 1.54. The summed E-state index contributed by atoms with van der Waals surface area (Å²) in [7, 11) is 0. The van der Waals surface area contributed by atoms with E-state index >= 15 is 0 Å². The molecule has 2 aromatic rings. The van der Waals surface area contributed by atoms with E-state index in [2.05, 4.69) is 10.2 Å². The first-order valence-corrected chi connectivity index (χ1v) is 8.66. The molecule has 1 saturated heterocycles. The van der Waals surface area contributed by atoms with Gasteiger partial charge in [0.05, 0.1) is 25.7 Å². The quantitative estimate of drug-likeness (QED) is 0.859. The van der Waals surface area contributed by atoms with Crippen LogP contribution >= 0.6 is 11.6 Å². The third-order valence-corrected chi connectivity index (χ3v) is 4.41. The summed E-state index contributed by atoms with van der Waals surface area (Å²) in [6.45, 7) is 3.22. The van der Waals surface area contributed by atoms with Crippen molar-refractivity contribution in [1.29, 1.82) is 0 Å². The summed E-state index contributed by atoms with van der Waals surface area (Å²) >= 11 is 5.83. The lowest BCUT2D eigenvalue weighted by molar-refractivity contribution is -0.118. The summed E-state index contributed by atoms with van der Waals surface area (Å²) in [6.07, 6.45) is -0.864. The molecule has 25 heavy (non-hydrogen) atoms. The summed E-state index contributed by atoms with van der Waals surface area (Å²) in [5, 5.41) is 13.6. The van der Waals surface area contributed by atoms with Crippen molar-refractivity contribution < 1.29 is 14.6 Å². The number of morpholine rings is 1. The Morgan fingerprint density at radius 2 is 1.76 bits per heavy atom. The van der Waals surface area contributed by atoms with Crippen molar-refractivity contribution in [3.63, 3.8) is 0 Å². The molecule has 2 N–H and O–H groups in total. The number of nitrogens with zero attached hydrogens (tertiary/aromatic N) is 1. The Labute approximate surface area is 152 Å². The van der Waals surface area contributed by atoms with Crippen LogP contribution in [0.25, 0.3) is 0 Å². The lowest BCUT2D eigenvalue weighted by atomic mass is 10.1. The van der Waals surface area contributed by atoms with Gasteiger partial charge in [0.15, 0.2) is 0 Å². The summed E-state index contributed by atoms with van der Waals surface area (Å²) in [5.41, 5.74) is 2.50. The van der Waals surface area contributed by atoms with Gasteiger partial charge in [-0.2, -0.15) is 0 Å². The molecule has 132 valence electrons. The van der Waals surface area contributed by atoms with Gasteiger partial charge in [-0.3, -0.25) is 4.79 Å². The fourth-order valence-electron chi connectivity index (χ4n) is 2.77. The Morgan fingerprint density at radius 3 is 2.40 bits per heavy atom. The van der Waals surface area contributed by atoms with Gasteiger partial charge in [0, 0.05) is 29.5 Å². The zero-order valence-corrected chi connectivity index (χ0v) is 14.6. The van der Waals surface area contributed by atoms with E-state index in [0.29, 0.717) is 16.3 Å². The van der Waals surface area contributed by atoms with Crippen LogP contribution in [-0.4, -0.2) is 37.3 Å². The molecule has 0 radical (unpaired) electrons. The Kier molecular flexibility index (Phi) is 5.91. The maximum absolute atomic E-state index is 12.1. The second-order valence-electron chi connectivity index (χ2n) is 5.97. The van der Waals surface area contributed by atoms with Crippen molar-refractivity contribution in [2.45, 2.75) is 12.5 Å². The smallest absolute Gasteiger partial charge is 0.227 e. The standard InChI is InChI=1S/C19H21ClN2O3/c20-15-3-1-14(2-4-15)18(23)13-19(24)21-16-5-7-17(8-6-16)22-9-11-25-12-10-22/h1-8,18,23H,9-13H2,(H,21,24). The first-order valence-electron chi connectivity index (χ1n) is 8.28. The highest BCUT2D eigenvalue weighted by atomic mass is 35.5. The molecular weight excluding hydrogens is 340 g/mol. The predicted octanol–water partition coefficient (Wildman–Crippen LogP) is 3.24. The molecular formula is C19H21ClN2O3. The molecule has 5 nitrogen and oxygen atoms in total. The summed E-state index contributed by atoms with van der Waals surface area (Å²) in [5.74, 6) is -0.235. The Hall–Kier alpha value is -2.08. The largest absolute Gasteiger partial charge is 0.388 e. The minimum absolute atomic E-state index is 0.00710. The highest BCUT2D eigenvalue weighted by Gasteiger charge is 2.14. The number of rotatable bonds is 5. The van der Waals surface area contributed by atoms with Crippen LogP contribution in [-0.2, 0) is 9.53 Å². The van der Waals surface area contributed by atoms with E-state index in [-0.39, 0.29) is 12.3 Å². The predicted molar refractivity (Wildman–Crippen MR) is 99.1 cm³/mol. The van der Waals surface area contributed by atoms with Gasteiger partial charge in [-0.05, 0) is 42.0 Å². The molecule has 1 unspecified atom stereocenters. The number of ether oxygens (including phenoxy) is 1. The third-order valence-electron chi connectivity index (χ3n) is 4.16. The Bertz CT molecular complexity index is 698. The number of aliphatic hydroxyl groups is 1. The van der Waals surface area contributed by atoms with Crippen molar-refractivity contribution in [1.82, 2.24) is 0 Å². The van der Waals surface area contributed by atoms with E-state index in [9.17, 15) is 9.90 Å². The first-order chi connectivity index (χ1) is 12.1. The molecule has 1 aliphatic heterocycles. The number of nitrogens with one attached hydrogen (secondary N) is 1. The molecule has 1 fully saturated rings. The number of aliphatic hydroxyl groups excluding tert-OH is 1. The van der Waals surface area contributed by atoms with Gasteiger partial charge in [-0.25, -0.2) is 0 Å². The average Bonchev–Trinajstić information content (AvgIpc) is 2.63. The number of amides is 1. The molecule has 1 amide bonds. The van der Waals surface area contributed by atoms with Crippen LogP contribution in [0.15, 0.2) is 48.5 Å². The molecule has 0 bridgehead atoms. The molecule has 1 heterocycles. The van der Waals surface area contributed by atoms with Crippen molar-refractivity contribution in [3.8, 4) is 0 Å². The van der Waals surface area contributed by atoms with Gasteiger partial charge in [0.2, 0.25) is 5.91 Å². The number of anilines is 2. The maximum atomic E-state index is 12.1. The molecule has 0 spiro atoms. The van der Waals surface area contributed by atoms with Crippen LogP contribution in [0, 0.1) is 0 Å². The molecule has 1 aliphatic rings. The molecule has 0 aliphatic carbocycles. The summed E-state index contributed by atoms with van der Waals surface area (Å²) in [6, 6.07) is 14.5. The number of halogens is 1. The van der Waals surface area contributed by atoms with Gasteiger partial charge < -0.3 is 20.1 Å². The van der Waals surface area contributed by atoms with E-state index in [0.717, 1.165) is 32.0 Å². The van der Waals surface area contributed by atoms with E-state index in [1.54, 1.807) is 24.3 Å². The number of carbonyl (C=O) groups excluding carboxylic acids is 1. The van der Waals surface area contributed by atoms with Crippen molar-refractivity contribution in [2.75, 3.05) is 36.5 Å². The van der Waals surface area contributed by atoms with Gasteiger partial charge >= 0.3 is 0 Å². The lowest BCUT2D eigenvalue weighted by Crippen LogP contribution is -2.36. The van der Waals surface area contributed by atoms with Gasteiger partial charge in [0.1, 0.15) is 0 Å². The van der Waals surface area contributed by atoms with Crippen LogP contribution in [0.5, 0.6) is 0 Å². The van der Waals surface area contributed by atoms with Crippen LogP contribution in [0.3, 0.4) is 0 Å². The second kappa shape index (κ2) is 8.34. The van der Waals surface area contributed by atoms with E-state index in [4.69, 9.17) is 16.3 Å². The van der Waals surface area contributed by atoms with Crippen LogP contribution in [0.1, 0.15) is 18.1 Å². The SMILES string of the molecule is O=C(CC(O)c1ccc(Cl)cc1)Nc1ccc(N2CCOCC2)cc1. The lowest BCUT2D eigenvalue weighted by Gasteiger charge is -2.28. The van der Waals surface area contributed by atoms with E-state index in [1.807, 2.05) is 24.3 Å². The minimum atomic E-state index is -0.857. The highest BCUT2D eigenvalue weighted by molar-refractivity contribution is 6.30. The topological polar surface area (TPSA) is 61.8 Å². The monoisotopic (exact) mass is 360 g/mol. The van der Waals surface area contributed by atoms with Gasteiger partial charge in [-0.15, -0.1) is 0 Å². The summed E-state index contributed by atoms with van der Waals surface area (Å²) in [4.78, 5) is 14.4. The maximum Gasteiger partial charge on any atom is 0.227 e. The average molecular weight is 361 g/mol. The minimum Gasteiger partial charge on any atom is -0.388 e. The molecule has 0 saturated carbocycles. The van der Waals surface area contributed by atoms with E-state index in [1.165, 1.54) is 0 Å². The van der Waals surface area contributed by atoms with Gasteiger partial charge in [-0.1, -0.05) is 23.7 Å². The summed E-state index contributed by atoms with van der Waals surface area (Å²) < 4.78 is 5.35. The third kappa shape index (κ3) is 4.95. The first kappa shape index (κ1) is 17.7. The van der Waals surface area contributed by atoms with Gasteiger partial charge in [0.25, 0.3) is 0 Å². The normalized spacial score (nSPS) is 15.7. The van der Waals surface area contributed by atoms with Crippen molar-refractivity contribution >= 4 is 28.9 Å². The number of benzene rings is 2. The fraction of sp³-hybridized carbons (Fsp3) is 0.316. The zero-order valence-electron chi connectivity index (χ0n) is 13.8. The number of carbonyl (C=O) groups is 1. The van der Waals surface area contributed by atoms with Crippen LogP contribution in [0.2, 0.25) is 5.02 Å². The Morgan fingerprint density at radius 1 is 1.12 bits per heavy atom. The van der Waals surface area contributed by atoms with Crippen LogP contribution < -0.4 is 10.2 Å². The van der Waals surface area contributed by atoms with E-state index < -0.39 is 6.10 Å². The molecule has 1 atom stereocenters. The highest BCUT2D eigenvalue weighted by Crippen LogP contribution is 2.22. The second-order valence-corrected chi connectivity index (χ2v) is 6.40. The molecule has 6 heteroatoms. The van der Waals surface area contributed by atoms with Crippen molar-refractivity contribution in [3.05, 3.63) is 59.1 Å². The molecule has 3 rings (SSSR count). The van der Waals surface area contributed by atoms with Crippen LogP contribution in [0.4, 0.5) is 11.4 Å². The number of hydrogen-bond acceptors (Lipinski definition) is 4. The fourth-order valence-corrected chi connectivity index (χ4v) is 2.89. The van der Waals surface area contributed by atoms with Crippen molar-refractivity contribution in [2.24, 2.45) is 0 Å². The molecule has 2 aromatic carbocycles. The zero-order chi connectivity index (χ0) is 17.6. The molecule has 0 aromatic heterocycles.